The summed E-state index contributed by atoms with van der Waals surface area (Å²) in [5.74, 6) is -1.47. The number of nitro benzene ring substituents is 2. The number of nitro groups is 2. The predicted octanol–water partition coefficient (Wildman–Crippen LogP) is 2.84. The first-order valence-electron chi connectivity index (χ1n) is 5.27. The molecule has 0 aromatic heterocycles. The second-order valence-electron chi connectivity index (χ2n) is 3.86. The van der Waals surface area contributed by atoms with E-state index in [9.17, 15) is 28.1 Å². The first-order chi connectivity index (χ1) is 9.88. The molecule has 0 aliphatic carbocycles. The maximum Gasteiger partial charge on any atom is 0.337 e. The third-order valence-electron chi connectivity index (χ3n) is 2.74. The maximum atomic E-state index is 11.3. The summed E-state index contributed by atoms with van der Waals surface area (Å²) < 4.78 is 10.8. The molecule has 0 aliphatic heterocycles. The van der Waals surface area contributed by atoms with E-state index in [0.717, 1.165) is 12.1 Å². The summed E-state index contributed by atoms with van der Waals surface area (Å²) in [4.78, 5) is 31.6. The fraction of sp³-hybridized carbons (Fsp3) is 0. The van der Waals surface area contributed by atoms with Crippen molar-refractivity contribution in [3.05, 3.63) is 53.6 Å². The molecule has 0 bridgehead atoms. The lowest BCUT2D eigenvalue weighted by molar-refractivity contribution is -0.390. The number of aromatic carboxylic acids is 1. The van der Waals surface area contributed by atoms with Crippen molar-refractivity contribution in [2.24, 2.45) is 0 Å². The zero-order chi connectivity index (χ0) is 15.7. The Hall–Kier alpha value is -2.50. The van der Waals surface area contributed by atoms with Crippen molar-refractivity contribution in [2.45, 2.75) is 0 Å². The van der Waals surface area contributed by atoms with E-state index < -0.39 is 57.5 Å². The summed E-state index contributed by atoms with van der Waals surface area (Å²) in [5, 5.41) is 31.0. The molecule has 0 saturated carbocycles. The predicted molar refractivity (Wildman–Crippen MR) is 77.6 cm³/mol. The Balaban J connectivity index is 3.12. The molecule has 2 rings (SSSR count). The highest BCUT2D eigenvalue weighted by Gasteiger charge is 2.31. The van der Waals surface area contributed by atoms with Gasteiger partial charge in [0.2, 0.25) is 0 Å². The van der Waals surface area contributed by atoms with Crippen LogP contribution in [-0.2, 0) is 3.07 Å². The minimum Gasteiger partial charge on any atom is -0.478 e. The van der Waals surface area contributed by atoms with Gasteiger partial charge in [-0.15, -0.1) is 0 Å². The first-order valence-corrected chi connectivity index (χ1v) is 7.23. The van der Waals surface area contributed by atoms with Crippen LogP contribution in [0, 0.1) is 23.8 Å². The molecular weight excluding hydrogens is 399 g/mol. The number of benzene rings is 2. The Morgan fingerprint density at radius 3 is 2.33 bits per heavy atom. The smallest absolute Gasteiger partial charge is 0.337 e. The van der Waals surface area contributed by atoms with E-state index in [1.807, 2.05) is 0 Å². The van der Waals surface area contributed by atoms with Crippen molar-refractivity contribution < 1.29 is 22.8 Å². The molecule has 0 fully saturated rings. The molecule has 9 nitrogen and oxygen atoms in total. The van der Waals surface area contributed by atoms with Crippen LogP contribution in [0.5, 0.6) is 0 Å². The van der Waals surface area contributed by atoms with Crippen molar-refractivity contribution >= 4 is 49.3 Å². The fourth-order valence-electron chi connectivity index (χ4n) is 1.95. The highest BCUT2D eigenvalue weighted by molar-refractivity contribution is 14.1. The molecular formula is C11H5IN2O7. The SMILES string of the molecule is O=Ic1c(C(=O)O)cc2cccc([N+](=O)[O-])c2c1[N+](=O)[O-]. The lowest BCUT2D eigenvalue weighted by Gasteiger charge is -2.05. The number of hydrogen-bond donors (Lipinski definition) is 1. The van der Waals surface area contributed by atoms with Crippen molar-refractivity contribution in [2.75, 3.05) is 0 Å². The van der Waals surface area contributed by atoms with Gasteiger partial charge < -0.3 is 5.11 Å². The van der Waals surface area contributed by atoms with Crippen LogP contribution in [0.3, 0.4) is 0 Å². The van der Waals surface area contributed by atoms with Crippen LogP contribution in [0.4, 0.5) is 11.4 Å². The average molecular weight is 404 g/mol. The molecule has 2 aromatic carbocycles. The van der Waals surface area contributed by atoms with Crippen LogP contribution < -0.4 is 0 Å². The van der Waals surface area contributed by atoms with E-state index >= 15 is 0 Å². The average Bonchev–Trinajstić information content (AvgIpc) is 2.43. The van der Waals surface area contributed by atoms with Crippen LogP contribution in [0.1, 0.15) is 10.4 Å². The Morgan fingerprint density at radius 2 is 1.86 bits per heavy atom. The summed E-state index contributed by atoms with van der Waals surface area (Å²) in [6.07, 6.45) is 0. The highest BCUT2D eigenvalue weighted by atomic mass is 127. The van der Waals surface area contributed by atoms with E-state index in [2.05, 4.69) is 0 Å². The van der Waals surface area contributed by atoms with Crippen molar-refractivity contribution in [1.82, 2.24) is 0 Å². The van der Waals surface area contributed by atoms with Crippen molar-refractivity contribution in [3.63, 3.8) is 0 Å². The van der Waals surface area contributed by atoms with Gasteiger partial charge in [0.05, 0.1) is 15.4 Å². The standard InChI is InChI=1S/C11H5IN2O7/c15-11(16)6-4-5-2-1-3-7(13(18)19)8(5)10(14(20)21)9(6)12-17/h1-4H,(H,15,16). The lowest BCUT2D eigenvalue weighted by atomic mass is 10.0. The van der Waals surface area contributed by atoms with Gasteiger partial charge in [0.15, 0.2) is 21.2 Å². The second-order valence-corrected chi connectivity index (χ2v) is 5.38. The van der Waals surface area contributed by atoms with Gasteiger partial charge in [0, 0.05) is 6.07 Å². The van der Waals surface area contributed by atoms with Crippen LogP contribution in [-0.4, -0.2) is 20.9 Å². The number of carboxylic acid groups (broad SMARTS) is 1. The van der Waals surface area contributed by atoms with Gasteiger partial charge in [-0.1, -0.05) is 12.1 Å². The van der Waals surface area contributed by atoms with Crippen LogP contribution in [0.25, 0.3) is 10.8 Å². The van der Waals surface area contributed by atoms with Crippen LogP contribution in [0.15, 0.2) is 24.3 Å². The Bertz CT molecular complexity index is 818. The first kappa shape index (κ1) is 14.9. The van der Waals surface area contributed by atoms with Crippen molar-refractivity contribution in [3.8, 4) is 0 Å². The molecule has 10 heteroatoms. The van der Waals surface area contributed by atoms with E-state index in [-0.39, 0.29) is 10.8 Å². The lowest BCUT2D eigenvalue weighted by Crippen LogP contribution is -2.05. The van der Waals surface area contributed by atoms with Gasteiger partial charge in [0.25, 0.3) is 5.69 Å². The molecule has 0 aliphatic rings. The summed E-state index contributed by atoms with van der Waals surface area (Å²) >= 11 is -2.20. The fourth-order valence-corrected chi connectivity index (χ4v) is 3.25. The van der Waals surface area contributed by atoms with Gasteiger partial charge in [0.1, 0.15) is 8.96 Å². The number of non-ortho nitro benzene ring substituents is 1. The largest absolute Gasteiger partial charge is 0.478 e. The van der Waals surface area contributed by atoms with Crippen LogP contribution in [0.2, 0.25) is 0 Å². The molecule has 21 heavy (non-hydrogen) atoms. The zero-order valence-corrected chi connectivity index (χ0v) is 12.1. The summed E-state index contributed by atoms with van der Waals surface area (Å²) in [7, 11) is 0. The Labute approximate surface area is 126 Å². The molecule has 0 heterocycles. The second kappa shape index (κ2) is 5.47. The number of nitrogens with zero attached hydrogens (tertiary/aromatic N) is 2. The summed E-state index contributed by atoms with van der Waals surface area (Å²) in [5.41, 5.74) is -1.78. The van der Waals surface area contributed by atoms with Crippen molar-refractivity contribution in [1.29, 1.82) is 0 Å². The Kier molecular flexibility index (Phi) is 3.88. The topological polar surface area (TPSA) is 141 Å². The van der Waals surface area contributed by atoms with Gasteiger partial charge in [-0.2, -0.15) is 0 Å². The molecule has 0 unspecified atom stereocenters. The molecule has 0 atom stereocenters. The number of rotatable bonds is 4. The van der Waals surface area contributed by atoms with E-state index in [1.54, 1.807) is 0 Å². The number of halogens is 1. The third kappa shape index (κ3) is 2.44. The van der Waals surface area contributed by atoms with Gasteiger partial charge in [-0.3, -0.25) is 23.3 Å². The third-order valence-corrected chi connectivity index (χ3v) is 4.27. The summed E-state index contributed by atoms with van der Waals surface area (Å²) in [6.45, 7) is 0. The molecule has 2 aromatic rings. The molecule has 0 amide bonds. The number of hydrogen-bond acceptors (Lipinski definition) is 6. The van der Waals surface area contributed by atoms with Gasteiger partial charge >= 0.3 is 11.7 Å². The number of carbonyl (C=O) groups is 1. The summed E-state index contributed by atoms with van der Waals surface area (Å²) in [6, 6.07) is 4.75. The van der Waals surface area contributed by atoms with E-state index in [4.69, 9.17) is 5.11 Å². The maximum absolute atomic E-state index is 11.3. The quantitative estimate of drug-likeness (QED) is 0.469. The molecule has 0 radical (unpaired) electrons. The van der Waals surface area contributed by atoms with Gasteiger partial charge in [-0.05, 0) is 11.5 Å². The highest BCUT2D eigenvalue weighted by Crippen LogP contribution is 2.40. The van der Waals surface area contributed by atoms with Gasteiger partial charge in [-0.25, -0.2) is 4.79 Å². The number of carboxylic acids is 1. The number of fused-ring (bicyclic) bond motifs is 1. The van der Waals surface area contributed by atoms with E-state index in [1.165, 1.54) is 12.1 Å². The molecule has 0 saturated heterocycles. The minimum absolute atomic E-state index is 0.0366. The molecule has 108 valence electrons. The normalized spacial score (nSPS) is 10.5. The van der Waals surface area contributed by atoms with Crippen LogP contribution >= 0.6 is 21.2 Å². The Morgan fingerprint density at radius 1 is 1.19 bits per heavy atom. The minimum atomic E-state index is -2.20. The molecule has 0 spiro atoms. The zero-order valence-electron chi connectivity index (χ0n) is 9.98. The monoisotopic (exact) mass is 404 g/mol. The van der Waals surface area contributed by atoms with E-state index in [0.29, 0.717) is 0 Å². The molecule has 1 N–H and O–H groups in total.